The fraction of sp³-hybridized carbons (Fsp3) is 0.400. The van der Waals surface area contributed by atoms with Crippen LogP contribution in [0.1, 0.15) is 26.7 Å². The van der Waals surface area contributed by atoms with Gasteiger partial charge in [-0.2, -0.15) is 0 Å². The van der Waals surface area contributed by atoms with Crippen LogP contribution in [0.2, 0.25) is 0 Å². The zero-order valence-electron chi connectivity index (χ0n) is 6.93. The first-order valence-corrected chi connectivity index (χ1v) is 3.82. The molecule has 0 aliphatic heterocycles. The van der Waals surface area contributed by atoms with Crippen molar-refractivity contribution in [2.45, 2.75) is 26.7 Å². The molecule has 0 nitrogen and oxygen atoms in total. The highest BCUT2D eigenvalue weighted by atomic mass is 13.8. The first-order valence-electron chi connectivity index (χ1n) is 3.82. The maximum Gasteiger partial charge on any atom is -0.0313 e. The number of hydrogen-bond donors (Lipinski definition) is 0. The summed E-state index contributed by atoms with van der Waals surface area (Å²) < 4.78 is 0. The smallest absolute Gasteiger partial charge is 0.0313 e. The van der Waals surface area contributed by atoms with E-state index >= 15 is 0 Å². The minimum Gasteiger partial charge on any atom is -0.0958 e. The third kappa shape index (κ3) is 5.36. The summed E-state index contributed by atoms with van der Waals surface area (Å²) in [4.78, 5) is 0. The van der Waals surface area contributed by atoms with Crippen LogP contribution in [0.5, 0.6) is 0 Å². The molecule has 0 aromatic rings. The summed E-state index contributed by atoms with van der Waals surface area (Å²) in [5.41, 5.74) is 1.18. The third-order valence-corrected chi connectivity index (χ3v) is 1.27. The van der Waals surface area contributed by atoms with Crippen molar-refractivity contribution in [3.8, 4) is 0 Å². The molecule has 0 spiro atoms. The summed E-state index contributed by atoms with van der Waals surface area (Å²) in [6.45, 7) is 8.08. The summed E-state index contributed by atoms with van der Waals surface area (Å²) in [7, 11) is 0. The molecule has 0 aliphatic carbocycles. The molecular weight excluding hydrogens is 120 g/mol. The van der Waals surface area contributed by atoms with Crippen LogP contribution in [0.3, 0.4) is 0 Å². The van der Waals surface area contributed by atoms with Crippen LogP contribution in [-0.2, 0) is 0 Å². The van der Waals surface area contributed by atoms with E-state index in [0.717, 1.165) is 12.8 Å². The molecule has 0 aromatic carbocycles. The summed E-state index contributed by atoms with van der Waals surface area (Å²) in [6, 6.07) is 0. The Kier molecular flexibility index (Phi) is 5.85. The van der Waals surface area contributed by atoms with Gasteiger partial charge >= 0.3 is 0 Å². The SMILES string of the molecule is C=C(/C=C\C=C/CC)CC. The van der Waals surface area contributed by atoms with Gasteiger partial charge in [-0.05, 0) is 12.8 Å². The summed E-state index contributed by atoms with van der Waals surface area (Å²) >= 11 is 0. The molecule has 0 unspecified atom stereocenters. The highest BCUT2D eigenvalue weighted by Gasteiger charge is 1.76. The molecule has 0 N–H and O–H groups in total. The summed E-state index contributed by atoms with van der Waals surface area (Å²) in [6.07, 6.45) is 10.4. The van der Waals surface area contributed by atoms with Crippen LogP contribution in [0.4, 0.5) is 0 Å². The highest BCUT2D eigenvalue weighted by Crippen LogP contribution is 1.97. The molecule has 0 fully saturated rings. The van der Waals surface area contributed by atoms with Crippen molar-refractivity contribution in [3.05, 3.63) is 36.5 Å². The van der Waals surface area contributed by atoms with E-state index in [0.29, 0.717) is 0 Å². The third-order valence-electron chi connectivity index (χ3n) is 1.27. The van der Waals surface area contributed by atoms with E-state index in [2.05, 4.69) is 32.6 Å². The normalized spacial score (nSPS) is 11.4. The second kappa shape index (κ2) is 6.34. The molecule has 0 saturated carbocycles. The molecule has 0 rings (SSSR count). The first kappa shape index (κ1) is 9.22. The Labute approximate surface area is 64.0 Å². The number of hydrogen-bond acceptors (Lipinski definition) is 0. The van der Waals surface area contributed by atoms with Crippen LogP contribution in [-0.4, -0.2) is 0 Å². The second-order valence-corrected chi connectivity index (χ2v) is 2.21. The highest BCUT2D eigenvalue weighted by molar-refractivity contribution is 5.18. The fourth-order valence-corrected chi connectivity index (χ4v) is 0.524. The predicted octanol–water partition coefficient (Wildman–Crippen LogP) is 3.48. The van der Waals surface area contributed by atoms with Crippen LogP contribution >= 0.6 is 0 Å². The Bertz CT molecular complexity index is 138. The van der Waals surface area contributed by atoms with Crippen LogP contribution in [0.15, 0.2) is 36.5 Å². The van der Waals surface area contributed by atoms with Gasteiger partial charge in [0, 0.05) is 0 Å². The van der Waals surface area contributed by atoms with E-state index in [-0.39, 0.29) is 0 Å². The molecule has 0 amide bonds. The van der Waals surface area contributed by atoms with E-state index in [1.165, 1.54) is 5.57 Å². The second-order valence-electron chi connectivity index (χ2n) is 2.21. The summed E-state index contributed by atoms with van der Waals surface area (Å²) in [5, 5.41) is 0. The molecule has 0 aromatic heterocycles. The molecule has 10 heavy (non-hydrogen) atoms. The van der Waals surface area contributed by atoms with Crippen LogP contribution in [0, 0.1) is 0 Å². The van der Waals surface area contributed by atoms with Gasteiger partial charge in [-0.3, -0.25) is 0 Å². The number of rotatable bonds is 4. The van der Waals surface area contributed by atoms with Gasteiger partial charge in [0.2, 0.25) is 0 Å². The zero-order valence-corrected chi connectivity index (χ0v) is 6.93. The fourth-order valence-electron chi connectivity index (χ4n) is 0.524. The van der Waals surface area contributed by atoms with E-state index in [9.17, 15) is 0 Å². The minimum atomic E-state index is 1.04. The van der Waals surface area contributed by atoms with E-state index in [1.807, 2.05) is 12.2 Å². The molecule has 56 valence electrons. The average Bonchev–Trinajstić information content (AvgIpc) is 1.98. The molecular formula is C10H16. The molecule has 0 heterocycles. The first-order chi connectivity index (χ1) is 4.81. The maximum atomic E-state index is 3.85. The van der Waals surface area contributed by atoms with Crippen molar-refractivity contribution < 1.29 is 0 Å². The Balaban J connectivity index is 3.55. The zero-order chi connectivity index (χ0) is 7.82. The van der Waals surface area contributed by atoms with Gasteiger partial charge < -0.3 is 0 Å². The lowest BCUT2D eigenvalue weighted by Gasteiger charge is -1.87. The van der Waals surface area contributed by atoms with E-state index in [4.69, 9.17) is 0 Å². The molecule has 0 heteroatoms. The van der Waals surface area contributed by atoms with Gasteiger partial charge in [-0.25, -0.2) is 0 Å². The number of allylic oxidation sites excluding steroid dienone is 5. The quantitative estimate of drug-likeness (QED) is 0.519. The lowest BCUT2D eigenvalue weighted by Crippen LogP contribution is -1.66. The van der Waals surface area contributed by atoms with Gasteiger partial charge in [-0.1, -0.05) is 50.3 Å². The van der Waals surface area contributed by atoms with Gasteiger partial charge in [0.05, 0.1) is 0 Å². The van der Waals surface area contributed by atoms with Crippen molar-refractivity contribution in [1.29, 1.82) is 0 Å². The Morgan fingerprint density at radius 3 is 2.50 bits per heavy atom. The summed E-state index contributed by atoms with van der Waals surface area (Å²) in [5.74, 6) is 0. The molecule has 0 radical (unpaired) electrons. The Hall–Kier alpha value is -0.780. The van der Waals surface area contributed by atoms with Crippen LogP contribution < -0.4 is 0 Å². The lowest BCUT2D eigenvalue weighted by atomic mass is 10.2. The molecule has 0 atom stereocenters. The van der Waals surface area contributed by atoms with Crippen molar-refractivity contribution in [2.75, 3.05) is 0 Å². The van der Waals surface area contributed by atoms with Gasteiger partial charge in [0.1, 0.15) is 0 Å². The maximum absolute atomic E-state index is 3.85. The lowest BCUT2D eigenvalue weighted by molar-refractivity contribution is 1.16. The standard InChI is InChI=1S/C10H16/c1-4-6-7-8-9-10(3)5-2/h6-9H,3-5H2,1-2H3/b7-6-,9-8-. The Morgan fingerprint density at radius 2 is 2.00 bits per heavy atom. The van der Waals surface area contributed by atoms with Crippen molar-refractivity contribution in [2.24, 2.45) is 0 Å². The molecule has 0 aliphatic rings. The topological polar surface area (TPSA) is 0 Å². The predicted molar refractivity (Wildman–Crippen MR) is 48.0 cm³/mol. The van der Waals surface area contributed by atoms with Crippen molar-refractivity contribution in [1.82, 2.24) is 0 Å². The van der Waals surface area contributed by atoms with E-state index < -0.39 is 0 Å². The van der Waals surface area contributed by atoms with Gasteiger partial charge in [0.15, 0.2) is 0 Å². The largest absolute Gasteiger partial charge is 0.0958 e. The van der Waals surface area contributed by atoms with Crippen LogP contribution in [0.25, 0.3) is 0 Å². The average molecular weight is 136 g/mol. The van der Waals surface area contributed by atoms with Crippen molar-refractivity contribution >= 4 is 0 Å². The molecule has 0 saturated heterocycles. The van der Waals surface area contributed by atoms with Crippen molar-refractivity contribution in [3.63, 3.8) is 0 Å². The van der Waals surface area contributed by atoms with Gasteiger partial charge in [0.25, 0.3) is 0 Å². The monoisotopic (exact) mass is 136 g/mol. The van der Waals surface area contributed by atoms with E-state index in [1.54, 1.807) is 0 Å². The minimum absolute atomic E-state index is 1.04. The van der Waals surface area contributed by atoms with Gasteiger partial charge in [-0.15, -0.1) is 0 Å². The Morgan fingerprint density at radius 1 is 1.30 bits per heavy atom. The molecule has 0 bridgehead atoms.